The number of carbonyl (C=O) groups excluding carboxylic acids is 3. The number of benzene rings is 2. The van der Waals surface area contributed by atoms with Crippen LogP contribution in [0, 0.1) is 0 Å². The highest BCUT2D eigenvalue weighted by atomic mass is 16.6. The molecule has 0 aliphatic carbocycles. The third-order valence-electron chi connectivity index (χ3n) is 5.51. The molecule has 41 heavy (non-hydrogen) atoms. The van der Waals surface area contributed by atoms with Crippen LogP contribution in [0.15, 0.2) is 48.5 Å². The van der Waals surface area contributed by atoms with Gasteiger partial charge in [-0.2, -0.15) is 0 Å². The molecule has 0 saturated carbocycles. The highest BCUT2D eigenvalue weighted by molar-refractivity contribution is 5.90. The van der Waals surface area contributed by atoms with Crippen molar-refractivity contribution >= 4 is 17.9 Å². The fraction of sp³-hybridized carbons (Fsp3) is 0.545. The number of carbonyl (C=O) groups is 3. The zero-order valence-corrected chi connectivity index (χ0v) is 25.8. The molecule has 0 aliphatic heterocycles. The number of ether oxygens (including phenoxy) is 4. The van der Waals surface area contributed by atoms with E-state index in [-0.39, 0.29) is 23.7 Å². The van der Waals surface area contributed by atoms with Crippen molar-refractivity contribution in [3.63, 3.8) is 0 Å². The van der Waals surface area contributed by atoms with Crippen LogP contribution < -0.4 is 4.74 Å². The molecule has 0 unspecified atom stereocenters. The summed E-state index contributed by atoms with van der Waals surface area (Å²) in [5, 5.41) is 9.02. The molecule has 0 spiro atoms. The number of methoxy groups -OCH3 is 1. The van der Waals surface area contributed by atoms with Crippen LogP contribution >= 0.6 is 0 Å². The van der Waals surface area contributed by atoms with Gasteiger partial charge >= 0.3 is 17.9 Å². The maximum Gasteiger partial charge on any atom is 0.338 e. The summed E-state index contributed by atoms with van der Waals surface area (Å²) in [4.78, 5) is 34.4. The van der Waals surface area contributed by atoms with Gasteiger partial charge in [0.2, 0.25) is 0 Å². The van der Waals surface area contributed by atoms with Crippen LogP contribution in [0.5, 0.6) is 11.5 Å². The zero-order chi connectivity index (χ0) is 30.9. The highest BCUT2D eigenvalue weighted by Crippen LogP contribution is 2.17. The summed E-state index contributed by atoms with van der Waals surface area (Å²) in [6.07, 6.45) is 8.18. The smallest absolute Gasteiger partial charge is 0.338 e. The van der Waals surface area contributed by atoms with Crippen LogP contribution in [-0.4, -0.2) is 47.9 Å². The van der Waals surface area contributed by atoms with Crippen LogP contribution in [0.1, 0.15) is 114 Å². The Balaban J connectivity index is 0.000000502. The first kappa shape index (κ1) is 35.5. The Hall–Kier alpha value is -3.55. The van der Waals surface area contributed by atoms with E-state index >= 15 is 0 Å². The van der Waals surface area contributed by atoms with Gasteiger partial charge in [0.1, 0.15) is 22.7 Å². The Morgan fingerprint density at radius 3 is 1.49 bits per heavy atom. The lowest BCUT2D eigenvalue weighted by atomic mass is 10.1. The minimum absolute atomic E-state index is 0.119. The molecule has 0 fully saturated rings. The average molecular weight is 573 g/mol. The van der Waals surface area contributed by atoms with Crippen molar-refractivity contribution in [3.8, 4) is 11.5 Å². The van der Waals surface area contributed by atoms with Crippen molar-refractivity contribution in [1.29, 1.82) is 0 Å². The summed E-state index contributed by atoms with van der Waals surface area (Å²) in [6, 6.07) is 13.1. The lowest BCUT2D eigenvalue weighted by Gasteiger charge is -2.19. The summed E-state index contributed by atoms with van der Waals surface area (Å²) in [7, 11) is 1.43. The summed E-state index contributed by atoms with van der Waals surface area (Å²) < 4.78 is 20.8. The topological polar surface area (TPSA) is 108 Å². The van der Waals surface area contributed by atoms with Crippen molar-refractivity contribution in [2.24, 2.45) is 0 Å². The number of hydrogen-bond donors (Lipinski definition) is 1. The number of rotatable bonds is 13. The van der Waals surface area contributed by atoms with E-state index in [0.717, 1.165) is 37.9 Å². The van der Waals surface area contributed by atoms with Crippen molar-refractivity contribution in [3.05, 3.63) is 59.7 Å². The summed E-state index contributed by atoms with van der Waals surface area (Å²) in [6.45, 7) is 11.7. The molecule has 0 atom stereocenters. The molecule has 2 rings (SSSR count). The van der Waals surface area contributed by atoms with E-state index in [1.54, 1.807) is 24.3 Å². The van der Waals surface area contributed by atoms with Gasteiger partial charge in [-0.05, 0) is 103 Å². The molecule has 0 aromatic heterocycles. The quantitative estimate of drug-likeness (QED) is 0.148. The molecular formula is C33H48O8. The minimum atomic E-state index is -0.492. The molecule has 0 amide bonds. The Bertz CT molecular complexity index is 1040. The first-order chi connectivity index (χ1) is 19.2. The van der Waals surface area contributed by atoms with Crippen LogP contribution in [0.3, 0.4) is 0 Å². The average Bonchev–Trinajstić information content (AvgIpc) is 2.88. The largest absolute Gasteiger partial charge is 0.508 e. The maximum atomic E-state index is 12.0. The van der Waals surface area contributed by atoms with E-state index in [0.29, 0.717) is 24.2 Å². The Morgan fingerprint density at radius 2 is 1.05 bits per heavy atom. The van der Waals surface area contributed by atoms with Gasteiger partial charge in [0.05, 0.1) is 24.8 Å². The fourth-order valence-electron chi connectivity index (χ4n) is 3.51. The second-order valence-corrected chi connectivity index (χ2v) is 11.7. The molecule has 1 N–H and O–H groups in total. The number of phenols is 1. The minimum Gasteiger partial charge on any atom is -0.508 e. The molecular weight excluding hydrogens is 524 g/mol. The number of hydrogen-bond acceptors (Lipinski definition) is 8. The standard InChI is InChI=1S/C22H34O5.C11H14O3/c1-22(2,3)27-21(24)18-13-15-19(16-14-18)26-17-11-9-7-5-6-8-10-12-20(23)25-4;1-11(2,3)14-10(13)8-4-6-9(12)7-5-8/h13-16H,5-12,17H2,1-4H3;4-7,12H,1-3H3. The third kappa shape index (κ3) is 17.7. The molecule has 0 aliphatic rings. The lowest BCUT2D eigenvalue weighted by Crippen LogP contribution is -2.23. The molecule has 8 nitrogen and oxygen atoms in total. The Kier molecular flexibility index (Phi) is 15.6. The van der Waals surface area contributed by atoms with Gasteiger partial charge < -0.3 is 24.1 Å². The van der Waals surface area contributed by atoms with Crippen molar-refractivity contribution in [2.45, 2.75) is 104 Å². The lowest BCUT2D eigenvalue weighted by molar-refractivity contribution is -0.140. The summed E-state index contributed by atoms with van der Waals surface area (Å²) in [5.41, 5.74) is -0.00930. The third-order valence-corrected chi connectivity index (χ3v) is 5.51. The van der Waals surface area contributed by atoms with Crippen LogP contribution in [0.25, 0.3) is 0 Å². The molecule has 2 aromatic carbocycles. The fourth-order valence-corrected chi connectivity index (χ4v) is 3.51. The van der Waals surface area contributed by atoms with Gasteiger partial charge in [-0.3, -0.25) is 4.79 Å². The van der Waals surface area contributed by atoms with E-state index in [9.17, 15) is 14.4 Å². The predicted molar refractivity (Wildman–Crippen MR) is 159 cm³/mol. The highest BCUT2D eigenvalue weighted by Gasteiger charge is 2.18. The van der Waals surface area contributed by atoms with Crippen LogP contribution in [0.2, 0.25) is 0 Å². The van der Waals surface area contributed by atoms with Gasteiger partial charge in [-0.15, -0.1) is 0 Å². The van der Waals surface area contributed by atoms with Gasteiger partial charge in [0.25, 0.3) is 0 Å². The zero-order valence-electron chi connectivity index (χ0n) is 25.8. The second kappa shape index (κ2) is 18.0. The van der Waals surface area contributed by atoms with Crippen molar-refractivity contribution < 1.29 is 38.4 Å². The second-order valence-electron chi connectivity index (χ2n) is 11.7. The monoisotopic (exact) mass is 572 g/mol. The predicted octanol–water partition coefficient (Wildman–Crippen LogP) is 7.66. The van der Waals surface area contributed by atoms with Gasteiger partial charge in [-0.25, -0.2) is 9.59 Å². The van der Waals surface area contributed by atoms with Gasteiger partial charge in [0, 0.05) is 6.42 Å². The van der Waals surface area contributed by atoms with Crippen molar-refractivity contribution in [1.82, 2.24) is 0 Å². The van der Waals surface area contributed by atoms with Gasteiger partial charge in [-0.1, -0.05) is 32.1 Å². The first-order valence-corrected chi connectivity index (χ1v) is 14.3. The van der Waals surface area contributed by atoms with Crippen LogP contribution in [0.4, 0.5) is 0 Å². The Labute approximate surface area is 245 Å². The maximum absolute atomic E-state index is 12.0. The molecule has 2 aromatic rings. The molecule has 0 saturated heterocycles. The molecule has 0 bridgehead atoms. The number of unbranched alkanes of at least 4 members (excludes halogenated alkanes) is 6. The molecule has 228 valence electrons. The molecule has 0 heterocycles. The van der Waals surface area contributed by atoms with E-state index in [4.69, 9.17) is 19.3 Å². The number of phenolic OH excluding ortho intramolecular Hbond substituents is 1. The van der Waals surface area contributed by atoms with E-state index in [1.807, 2.05) is 41.5 Å². The first-order valence-electron chi connectivity index (χ1n) is 14.3. The normalized spacial score (nSPS) is 11.1. The van der Waals surface area contributed by atoms with Crippen molar-refractivity contribution in [2.75, 3.05) is 13.7 Å². The van der Waals surface area contributed by atoms with E-state index < -0.39 is 11.2 Å². The summed E-state index contributed by atoms with van der Waals surface area (Å²) >= 11 is 0. The van der Waals surface area contributed by atoms with E-state index in [2.05, 4.69) is 4.74 Å². The Morgan fingerprint density at radius 1 is 0.634 bits per heavy atom. The van der Waals surface area contributed by atoms with E-state index in [1.165, 1.54) is 44.2 Å². The molecule has 0 radical (unpaired) electrons. The SMILES string of the molecule is CC(C)(C)OC(=O)c1ccc(O)cc1.COC(=O)CCCCCCCCCOc1ccc(C(=O)OC(C)(C)C)cc1. The molecule has 8 heteroatoms. The van der Waals surface area contributed by atoms with Gasteiger partial charge in [0.15, 0.2) is 0 Å². The van der Waals surface area contributed by atoms with Crippen LogP contribution in [-0.2, 0) is 19.0 Å². The number of aromatic hydroxyl groups is 1. The number of esters is 3. The summed E-state index contributed by atoms with van der Waals surface area (Å²) in [5.74, 6) is 0.0897.